The van der Waals surface area contributed by atoms with E-state index < -0.39 is 0 Å². The summed E-state index contributed by atoms with van der Waals surface area (Å²) in [5.41, 5.74) is 0. The van der Waals surface area contributed by atoms with Crippen molar-refractivity contribution < 1.29 is 9.53 Å². The maximum Gasteiger partial charge on any atom is 0.302 e. The zero-order valence-electron chi connectivity index (χ0n) is 6.36. The van der Waals surface area contributed by atoms with Crippen LogP contribution in [0.2, 0.25) is 0 Å². The first-order valence-corrected chi connectivity index (χ1v) is 3.79. The Morgan fingerprint density at radius 1 is 1.60 bits per heavy atom. The standard InChI is InChI=1S/C4H8O2.C2H4Cl2/c1-3-6-4(2)5;1-2(3)4/h3H2,1-2H3;2H,1H3. The molecule has 0 aromatic carbocycles. The van der Waals surface area contributed by atoms with Gasteiger partial charge in [-0.2, -0.15) is 0 Å². The van der Waals surface area contributed by atoms with E-state index in [1.54, 1.807) is 13.8 Å². The fraction of sp³-hybridized carbons (Fsp3) is 0.833. The maximum atomic E-state index is 9.82. The van der Waals surface area contributed by atoms with Crippen LogP contribution in [0.5, 0.6) is 0 Å². The van der Waals surface area contributed by atoms with E-state index in [4.69, 9.17) is 23.2 Å². The van der Waals surface area contributed by atoms with Gasteiger partial charge >= 0.3 is 5.97 Å². The average molecular weight is 187 g/mol. The summed E-state index contributed by atoms with van der Waals surface area (Å²) in [6.45, 7) is 5.35. The van der Waals surface area contributed by atoms with Crippen molar-refractivity contribution in [2.24, 2.45) is 0 Å². The van der Waals surface area contributed by atoms with Crippen LogP contribution in [0.25, 0.3) is 0 Å². The zero-order valence-corrected chi connectivity index (χ0v) is 7.87. The average Bonchev–Trinajstić information content (AvgIpc) is 1.62. The monoisotopic (exact) mass is 186 g/mol. The van der Waals surface area contributed by atoms with Crippen molar-refractivity contribution in [1.82, 2.24) is 0 Å². The Balaban J connectivity index is 0. The van der Waals surface area contributed by atoms with Crippen LogP contribution in [0.3, 0.4) is 0 Å². The molecule has 0 atom stereocenters. The van der Waals surface area contributed by atoms with Crippen molar-refractivity contribution in [3.05, 3.63) is 0 Å². The summed E-state index contributed by atoms with van der Waals surface area (Å²) >= 11 is 10.1. The predicted octanol–water partition coefficient (Wildman–Crippen LogP) is 2.38. The number of esters is 1. The number of rotatable bonds is 1. The Kier molecular flexibility index (Phi) is 11.5. The molecular formula is C6H12Cl2O2. The van der Waals surface area contributed by atoms with E-state index in [0.717, 1.165) is 0 Å². The first-order valence-electron chi connectivity index (χ1n) is 2.92. The SMILES string of the molecule is CC(Cl)Cl.CCOC(C)=O. The maximum absolute atomic E-state index is 9.82. The molecule has 10 heavy (non-hydrogen) atoms. The molecule has 2 nitrogen and oxygen atoms in total. The minimum Gasteiger partial charge on any atom is -0.466 e. The van der Waals surface area contributed by atoms with Gasteiger partial charge in [0.15, 0.2) is 0 Å². The highest BCUT2D eigenvalue weighted by Gasteiger charge is 1.81. The van der Waals surface area contributed by atoms with E-state index in [-0.39, 0.29) is 10.8 Å². The Labute approximate surface area is 71.5 Å². The van der Waals surface area contributed by atoms with Crippen molar-refractivity contribution in [2.75, 3.05) is 6.61 Å². The summed E-state index contributed by atoms with van der Waals surface area (Å²) in [6, 6.07) is 0. The van der Waals surface area contributed by atoms with Gasteiger partial charge in [-0.1, -0.05) is 0 Å². The molecule has 0 aromatic rings. The lowest BCUT2D eigenvalue weighted by Crippen LogP contribution is -1.95. The van der Waals surface area contributed by atoms with Crippen molar-refractivity contribution in [3.63, 3.8) is 0 Å². The van der Waals surface area contributed by atoms with Crippen LogP contribution in [-0.2, 0) is 9.53 Å². The second-order valence-electron chi connectivity index (χ2n) is 1.44. The third kappa shape index (κ3) is 43.0. The van der Waals surface area contributed by atoms with Crippen molar-refractivity contribution in [2.45, 2.75) is 25.6 Å². The van der Waals surface area contributed by atoms with E-state index in [9.17, 15) is 4.79 Å². The highest BCUT2D eigenvalue weighted by Crippen LogP contribution is 1.95. The molecule has 62 valence electrons. The molecule has 0 rings (SSSR count). The number of ether oxygens (including phenoxy) is 1. The van der Waals surface area contributed by atoms with Crippen LogP contribution in [0.4, 0.5) is 0 Å². The quantitative estimate of drug-likeness (QED) is 0.465. The number of halogens is 2. The van der Waals surface area contributed by atoms with Gasteiger partial charge in [-0.15, -0.1) is 23.2 Å². The summed E-state index contributed by atoms with van der Waals surface area (Å²) in [5.74, 6) is -0.211. The van der Waals surface area contributed by atoms with Gasteiger partial charge in [0.1, 0.15) is 4.84 Å². The molecule has 0 aliphatic heterocycles. The molecule has 0 saturated heterocycles. The number of carbonyl (C=O) groups is 1. The van der Waals surface area contributed by atoms with Crippen LogP contribution < -0.4 is 0 Å². The Morgan fingerprint density at radius 2 is 1.90 bits per heavy atom. The summed E-state index contributed by atoms with van der Waals surface area (Å²) in [6.07, 6.45) is 0. The summed E-state index contributed by atoms with van der Waals surface area (Å²) in [5, 5.41) is 0. The van der Waals surface area contributed by atoms with Crippen LogP contribution >= 0.6 is 23.2 Å². The van der Waals surface area contributed by atoms with E-state index in [2.05, 4.69) is 4.74 Å². The molecule has 4 heteroatoms. The molecule has 0 heterocycles. The molecule has 0 unspecified atom stereocenters. The summed E-state index contributed by atoms with van der Waals surface area (Å²) in [7, 11) is 0. The smallest absolute Gasteiger partial charge is 0.302 e. The normalized spacial score (nSPS) is 8.20. The first kappa shape index (κ1) is 12.7. The third-order valence-electron chi connectivity index (χ3n) is 0.348. The van der Waals surface area contributed by atoms with Crippen molar-refractivity contribution in [3.8, 4) is 0 Å². The van der Waals surface area contributed by atoms with Gasteiger partial charge in [-0.25, -0.2) is 0 Å². The van der Waals surface area contributed by atoms with Gasteiger partial charge < -0.3 is 4.74 Å². The lowest BCUT2D eigenvalue weighted by molar-refractivity contribution is -0.140. The van der Waals surface area contributed by atoms with Crippen molar-refractivity contribution >= 4 is 29.2 Å². The van der Waals surface area contributed by atoms with Gasteiger partial charge in [-0.05, 0) is 13.8 Å². The third-order valence-corrected chi connectivity index (χ3v) is 0.348. The lowest BCUT2D eigenvalue weighted by atomic mass is 10.8. The molecule has 0 aliphatic rings. The topological polar surface area (TPSA) is 26.3 Å². The molecule has 0 radical (unpaired) electrons. The molecule has 0 spiro atoms. The van der Waals surface area contributed by atoms with E-state index >= 15 is 0 Å². The number of hydrogen-bond donors (Lipinski definition) is 0. The van der Waals surface area contributed by atoms with Crippen molar-refractivity contribution in [1.29, 1.82) is 0 Å². The highest BCUT2D eigenvalue weighted by molar-refractivity contribution is 6.43. The highest BCUT2D eigenvalue weighted by atomic mass is 35.5. The largest absolute Gasteiger partial charge is 0.466 e. The van der Waals surface area contributed by atoms with Gasteiger partial charge in [0.25, 0.3) is 0 Å². The predicted molar refractivity (Wildman–Crippen MR) is 43.5 cm³/mol. The second-order valence-corrected chi connectivity index (χ2v) is 2.98. The van der Waals surface area contributed by atoms with Crippen LogP contribution in [0, 0.1) is 0 Å². The Bertz CT molecular complexity index is 81.1. The molecular weight excluding hydrogens is 175 g/mol. The minimum absolute atomic E-state index is 0.211. The Hall–Kier alpha value is 0.0500. The molecule has 0 bridgehead atoms. The van der Waals surface area contributed by atoms with Gasteiger partial charge in [-0.3, -0.25) is 4.79 Å². The number of hydrogen-bond acceptors (Lipinski definition) is 2. The molecule has 0 amide bonds. The van der Waals surface area contributed by atoms with Crippen LogP contribution in [0.1, 0.15) is 20.8 Å². The number of alkyl halides is 2. The molecule has 0 N–H and O–H groups in total. The summed E-state index contributed by atoms with van der Waals surface area (Å²) < 4.78 is 4.40. The van der Waals surface area contributed by atoms with Gasteiger partial charge in [0.05, 0.1) is 6.61 Å². The summed E-state index contributed by atoms with van der Waals surface area (Å²) in [4.78, 5) is 9.60. The van der Waals surface area contributed by atoms with E-state index in [1.807, 2.05) is 0 Å². The second kappa shape index (κ2) is 9.05. The van der Waals surface area contributed by atoms with Crippen LogP contribution in [-0.4, -0.2) is 17.4 Å². The lowest BCUT2D eigenvalue weighted by Gasteiger charge is -1.89. The van der Waals surface area contributed by atoms with Gasteiger partial charge in [0, 0.05) is 6.92 Å². The fourth-order valence-electron chi connectivity index (χ4n) is 0.203. The van der Waals surface area contributed by atoms with E-state index in [1.165, 1.54) is 6.92 Å². The minimum atomic E-state index is -0.222. The Morgan fingerprint density at radius 3 is 1.90 bits per heavy atom. The molecule has 0 fully saturated rings. The fourth-order valence-corrected chi connectivity index (χ4v) is 0.203. The first-order chi connectivity index (χ1) is 4.50. The zero-order chi connectivity index (χ0) is 8.57. The van der Waals surface area contributed by atoms with E-state index in [0.29, 0.717) is 6.61 Å². The van der Waals surface area contributed by atoms with Crippen LogP contribution in [0.15, 0.2) is 0 Å². The molecule has 0 aromatic heterocycles. The molecule has 0 aliphatic carbocycles. The molecule has 0 saturated carbocycles. The van der Waals surface area contributed by atoms with Gasteiger partial charge in [0.2, 0.25) is 0 Å². The number of carbonyl (C=O) groups excluding carboxylic acids is 1.